The van der Waals surface area contributed by atoms with Crippen molar-refractivity contribution in [2.45, 2.75) is 44.6 Å². The predicted molar refractivity (Wildman–Crippen MR) is 145 cm³/mol. The number of piperidine rings is 1. The smallest absolute Gasteiger partial charge is 0.330 e. The first-order valence-electron chi connectivity index (χ1n) is 12.5. The summed E-state index contributed by atoms with van der Waals surface area (Å²) in [6.07, 6.45) is 10.2. The molecule has 0 atom stereocenters. The van der Waals surface area contributed by atoms with Crippen LogP contribution in [0.2, 0.25) is 0 Å². The Labute approximate surface area is 222 Å². The number of carbonyl (C=O) groups excluding carboxylic acids is 1. The monoisotopic (exact) mass is 533 g/mol. The molecular formula is C28H31N5O4S. The van der Waals surface area contributed by atoms with Gasteiger partial charge >= 0.3 is 5.97 Å². The molecule has 9 nitrogen and oxygen atoms in total. The van der Waals surface area contributed by atoms with Gasteiger partial charge in [0.1, 0.15) is 0 Å². The SMILES string of the molecule is C=Cc1cn(S(=O)(=O)c2ccccc2)c2ncc(-c3cnn(C4CCN(OC(=O)C(C)(C)C)CC4)c3)cc12. The fourth-order valence-corrected chi connectivity index (χ4v) is 5.81. The molecule has 1 fully saturated rings. The van der Waals surface area contributed by atoms with E-state index in [0.29, 0.717) is 29.7 Å². The molecule has 0 saturated carbocycles. The maximum absolute atomic E-state index is 13.3. The van der Waals surface area contributed by atoms with E-state index >= 15 is 0 Å². The van der Waals surface area contributed by atoms with Crippen molar-refractivity contribution in [2.75, 3.05) is 13.1 Å². The number of nitrogens with zero attached hydrogens (tertiary/aromatic N) is 5. The van der Waals surface area contributed by atoms with Gasteiger partial charge in [-0.25, -0.2) is 22.2 Å². The van der Waals surface area contributed by atoms with Crippen LogP contribution < -0.4 is 0 Å². The van der Waals surface area contributed by atoms with Gasteiger partial charge in [0, 0.05) is 53.8 Å². The molecule has 38 heavy (non-hydrogen) atoms. The minimum Gasteiger partial charge on any atom is -0.367 e. The third kappa shape index (κ3) is 4.89. The van der Waals surface area contributed by atoms with Crippen molar-refractivity contribution >= 4 is 33.1 Å². The summed E-state index contributed by atoms with van der Waals surface area (Å²) in [7, 11) is -3.81. The van der Waals surface area contributed by atoms with Crippen molar-refractivity contribution < 1.29 is 18.0 Å². The van der Waals surface area contributed by atoms with Gasteiger partial charge in [0.05, 0.1) is 22.5 Å². The van der Waals surface area contributed by atoms with E-state index in [1.54, 1.807) is 60.1 Å². The van der Waals surface area contributed by atoms with Gasteiger partial charge in [-0.15, -0.1) is 5.06 Å². The predicted octanol–water partition coefficient (Wildman–Crippen LogP) is 4.92. The van der Waals surface area contributed by atoms with Crippen molar-refractivity contribution in [2.24, 2.45) is 5.41 Å². The molecule has 1 aliphatic heterocycles. The van der Waals surface area contributed by atoms with Crippen LogP contribution in [0.4, 0.5) is 0 Å². The lowest BCUT2D eigenvalue weighted by Gasteiger charge is -2.32. The molecule has 198 valence electrons. The normalized spacial score (nSPS) is 15.6. The molecule has 1 saturated heterocycles. The Hall–Kier alpha value is -3.76. The van der Waals surface area contributed by atoms with Crippen molar-refractivity contribution in [3.05, 3.63) is 73.3 Å². The van der Waals surface area contributed by atoms with Gasteiger partial charge in [0.25, 0.3) is 10.0 Å². The largest absolute Gasteiger partial charge is 0.367 e. The summed E-state index contributed by atoms with van der Waals surface area (Å²) in [6, 6.07) is 10.4. The molecule has 5 rings (SSSR count). The molecule has 1 aromatic carbocycles. The quantitative estimate of drug-likeness (QED) is 0.347. The summed E-state index contributed by atoms with van der Waals surface area (Å²) < 4.78 is 29.7. The first-order valence-corrected chi connectivity index (χ1v) is 14.0. The Balaban J connectivity index is 1.37. The number of hydroxylamine groups is 2. The van der Waals surface area contributed by atoms with Gasteiger partial charge in [-0.3, -0.25) is 4.68 Å². The summed E-state index contributed by atoms with van der Waals surface area (Å²) in [6.45, 7) is 10.7. The van der Waals surface area contributed by atoms with Crippen LogP contribution in [0.25, 0.3) is 28.2 Å². The molecule has 0 amide bonds. The van der Waals surface area contributed by atoms with Gasteiger partial charge in [0.2, 0.25) is 0 Å². The van der Waals surface area contributed by atoms with E-state index in [9.17, 15) is 13.2 Å². The second kappa shape index (κ2) is 9.85. The van der Waals surface area contributed by atoms with Gasteiger partial charge in [-0.2, -0.15) is 5.10 Å². The van der Waals surface area contributed by atoms with Gasteiger partial charge in [-0.05, 0) is 51.8 Å². The summed E-state index contributed by atoms with van der Waals surface area (Å²) in [5.41, 5.74) is 2.20. The van der Waals surface area contributed by atoms with Crippen molar-refractivity contribution in [3.8, 4) is 11.1 Å². The molecule has 0 bridgehead atoms. The highest BCUT2D eigenvalue weighted by atomic mass is 32.2. The first kappa shape index (κ1) is 25.9. The van der Waals surface area contributed by atoms with E-state index in [1.165, 1.54) is 3.97 Å². The third-order valence-corrected chi connectivity index (χ3v) is 8.38. The molecule has 0 unspecified atom stereocenters. The molecular weight excluding hydrogens is 502 g/mol. The lowest BCUT2D eigenvalue weighted by atomic mass is 9.98. The summed E-state index contributed by atoms with van der Waals surface area (Å²) in [4.78, 5) is 22.5. The second-order valence-corrected chi connectivity index (χ2v) is 12.3. The van der Waals surface area contributed by atoms with Gasteiger partial charge < -0.3 is 4.84 Å². The van der Waals surface area contributed by atoms with E-state index < -0.39 is 15.4 Å². The highest BCUT2D eigenvalue weighted by Gasteiger charge is 2.29. The zero-order valence-electron chi connectivity index (χ0n) is 21.7. The van der Waals surface area contributed by atoms with Gasteiger partial charge in [0.15, 0.2) is 5.65 Å². The number of fused-ring (bicyclic) bond motifs is 1. The number of rotatable bonds is 6. The number of pyridine rings is 1. The van der Waals surface area contributed by atoms with Crippen LogP contribution in [0, 0.1) is 5.41 Å². The minimum atomic E-state index is -3.81. The minimum absolute atomic E-state index is 0.186. The summed E-state index contributed by atoms with van der Waals surface area (Å²) in [5.74, 6) is -0.232. The lowest BCUT2D eigenvalue weighted by molar-refractivity contribution is -0.205. The zero-order valence-corrected chi connectivity index (χ0v) is 22.6. The third-order valence-electron chi connectivity index (χ3n) is 6.72. The number of aromatic nitrogens is 4. The summed E-state index contributed by atoms with van der Waals surface area (Å²) >= 11 is 0. The Bertz CT molecular complexity index is 1590. The van der Waals surface area contributed by atoms with Crippen molar-refractivity contribution in [1.82, 2.24) is 23.8 Å². The van der Waals surface area contributed by atoms with E-state index in [4.69, 9.17) is 4.84 Å². The molecule has 0 aliphatic carbocycles. The van der Waals surface area contributed by atoms with Crippen LogP contribution in [0.5, 0.6) is 0 Å². The van der Waals surface area contributed by atoms with Crippen LogP contribution in [-0.4, -0.2) is 51.3 Å². The molecule has 3 aromatic heterocycles. The maximum Gasteiger partial charge on any atom is 0.330 e. The molecule has 0 radical (unpaired) electrons. The second-order valence-electron chi connectivity index (χ2n) is 10.5. The number of hydrogen-bond donors (Lipinski definition) is 0. The van der Waals surface area contributed by atoms with E-state index in [-0.39, 0.29) is 16.9 Å². The van der Waals surface area contributed by atoms with Crippen LogP contribution >= 0.6 is 0 Å². The standard InChI is InChI=1S/C28H31N5O4S/c1-5-20-19-33(38(35,36)24-9-7-6-8-10-24)26-25(20)15-21(16-29-26)22-17-30-32(18-22)23-11-13-31(14-12-23)37-27(34)28(2,3)4/h5-10,15-19,23H,1,11-14H2,2-4H3. The molecule has 10 heteroatoms. The molecule has 0 N–H and O–H groups in total. The number of hydrogen-bond acceptors (Lipinski definition) is 7. The van der Waals surface area contributed by atoms with E-state index in [1.807, 2.05) is 37.7 Å². The highest BCUT2D eigenvalue weighted by molar-refractivity contribution is 7.90. The number of benzene rings is 1. The average molecular weight is 534 g/mol. The van der Waals surface area contributed by atoms with Crippen molar-refractivity contribution in [3.63, 3.8) is 0 Å². The van der Waals surface area contributed by atoms with Crippen LogP contribution in [0.1, 0.15) is 45.2 Å². The number of carbonyl (C=O) groups is 1. The Morgan fingerprint density at radius 3 is 2.45 bits per heavy atom. The van der Waals surface area contributed by atoms with Crippen molar-refractivity contribution in [1.29, 1.82) is 0 Å². The lowest BCUT2D eigenvalue weighted by Crippen LogP contribution is -2.39. The Kier molecular flexibility index (Phi) is 6.70. The Morgan fingerprint density at radius 1 is 1.08 bits per heavy atom. The van der Waals surface area contributed by atoms with Crippen LogP contribution in [0.15, 0.2) is 72.7 Å². The van der Waals surface area contributed by atoms with E-state index in [0.717, 1.165) is 24.0 Å². The maximum atomic E-state index is 13.3. The first-order chi connectivity index (χ1) is 18.1. The Morgan fingerprint density at radius 2 is 1.79 bits per heavy atom. The highest BCUT2D eigenvalue weighted by Crippen LogP contribution is 2.31. The fraction of sp³-hybridized carbons (Fsp3) is 0.321. The molecule has 4 aromatic rings. The zero-order chi connectivity index (χ0) is 27.1. The summed E-state index contributed by atoms with van der Waals surface area (Å²) in [5, 5.41) is 7.02. The fourth-order valence-electron chi connectivity index (χ4n) is 4.45. The van der Waals surface area contributed by atoms with Crippen LogP contribution in [0.3, 0.4) is 0 Å². The molecule has 4 heterocycles. The average Bonchev–Trinajstić information content (AvgIpc) is 3.54. The topological polar surface area (TPSA) is 99.3 Å². The van der Waals surface area contributed by atoms with E-state index in [2.05, 4.69) is 16.7 Å². The van der Waals surface area contributed by atoms with Gasteiger partial charge in [-0.1, -0.05) is 30.9 Å². The molecule has 1 aliphatic rings. The van der Waals surface area contributed by atoms with Crippen LogP contribution in [-0.2, 0) is 19.7 Å². The molecule has 0 spiro atoms.